The number of likely N-dealkylation sites (tertiary alicyclic amines) is 1. The molecule has 3 aliphatic rings. The van der Waals surface area contributed by atoms with E-state index in [2.05, 4.69) is 41.4 Å². The van der Waals surface area contributed by atoms with Gasteiger partial charge in [-0.2, -0.15) is 5.10 Å². The minimum absolute atomic E-state index is 0.145. The van der Waals surface area contributed by atoms with Crippen molar-refractivity contribution in [2.45, 2.75) is 39.0 Å². The van der Waals surface area contributed by atoms with E-state index in [1.807, 2.05) is 4.68 Å². The Hall–Kier alpha value is -2.14. The van der Waals surface area contributed by atoms with E-state index in [0.717, 1.165) is 75.8 Å². The Balaban J connectivity index is 1.44. The molecule has 1 aromatic heterocycles. The number of benzene rings is 1. The molecule has 1 aliphatic carbocycles. The van der Waals surface area contributed by atoms with Gasteiger partial charge in [-0.1, -0.05) is 17.7 Å². The zero-order chi connectivity index (χ0) is 18.4. The maximum absolute atomic E-state index is 13.4. The van der Waals surface area contributed by atoms with Gasteiger partial charge in [0, 0.05) is 24.3 Å². The SMILES string of the molecule is Cc1ccc(-n2nc(C(=O)N3CC[C@@H]4CNC[C@@H]4CC3)c3c2CCC3)cc1. The van der Waals surface area contributed by atoms with E-state index in [1.54, 1.807) is 0 Å². The first kappa shape index (κ1) is 17.0. The summed E-state index contributed by atoms with van der Waals surface area (Å²) in [7, 11) is 0. The van der Waals surface area contributed by atoms with Crippen molar-refractivity contribution in [2.24, 2.45) is 11.8 Å². The molecule has 2 aromatic rings. The van der Waals surface area contributed by atoms with Gasteiger partial charge in [0.15, 0.2) is 5.69 Å². The molecular formula is C22H28N4O. The zero-order valence-corrected chi connectivity index (χ0v) is 16.1. The predicted molar refractivity (Wildman–Crippen MR) is 105 cm³/mol. The molecule has 2 fully saturated rings. The highest BCUT2D eigenvalue weighted by atomic mass is 16.2. The van der Waals surface area contributed by atoms with Gasteiger partial charge in [0.2, 0.25) is 0 Å². The third kappa shape index (κ3) is 2.98. The lowest BCUT2D eigenvalue weighted by molar-refractivity contribution is 0.0751. The molecule has 2 aliphatic heterocycles. The van der Waals surface area contributed by atoms with Gasteiger partial charge in [0.1, 0.15) is 0 Å². The van der Waals surface area contributed by atoms with Gasteiger partial charge in [-0.25, -0.2) is 4.68 Å². The summed E-state index contributed by atoms with van der Waals surface area (Å²) in [4.78, 5) is 15.4. The van der Waals surface area contributed by atoms with Gasteiger partial charge in [-0.15, -0.1) is 0 Å². The third-order valence-corrected chi connectivity index (χ3v) is 6.72. The van der Waals surface area contributed by atoms with Crippen molar-refractivity contribution in [3.8, 4) is 5.69 Å². The number of nitrogens with zero attached hydrogens (tertiary/aromatic N) is 3. The Bertz CT molecular complexity index is 840. The van der Waals surface area contributed by atoms with E-state index < -0.39 is 0 Å². The van der Waals surface area contributed by atoms with Gasteiger partial charge < -0.3 is 10.2 Å². The maximum Gasteiger partial charge on any atom is 0.274 e. The van der Waals surface area contributed by atoms with Crippen molar-refractivity contribution in [3.05, 3.63) is 46.8 Å². The third-order valence-electron chi connectivity index (χ3n) is 6.72. The first-order valence-corrected chi connectivity index (χ1v) is 10.4. The first-order valence-electron chi connectivity index (χ1n) is 10.4. The Morgan fingerprint density at radius 1 is 1.07 bits per heavy atom. The predicted octanol–water partition coefficient (Wildman–Crippen LogP) is 2.74. The van der Waals surface area contributed by atoms with Crippen LogP contribution in [0.5, 0.6) is 0 Å². The highest BCUT2D eigenvalue weighted by Gasteiger charge is 2.34. The summed E-state index contributed by atoms with van der Waals surface area (Å²) in [5.41, 5.74) is 5.43. The number of hydrogen-bond acceptors (Lipinski definition) is 3. The van der Waals surface area contributed by atoms with Crippen LogP contribution < -0.4 is 5.32 Å². The molecule has 0 radical (unpaired) electrons. The van der Waals surface area contributed by atoms with Crippen molar-refractivity contribution in [3.63, 3.8) is 0 Å². The van der Waals surface area contributed by atoms with Crippen molar-refractivity contribution >= 4 is 5.91 Å². The van der Waals surface area contributed by atoms with Crippen LogP contribution >= 0.6 is 0 Å². The lowest BCUT2D eigenvalue weighted by Gasteiger charge is -2.20. The molecule has 3 heterocycles. The Morgan fingerprint density at radius 3 is 2.48 bits per heavy atom. The van der Waals surface area contributed by atoms with E-state index in [-0.39, 0.29) is 5.91 Å². The summed E-state index contributed by atoms with van der Waals surface area (Å²) in [6.45, 7) is 6.06. The second-order valence-corrected chi connectivity index (χ2v) is 8.42. The van der Waals surface area contributed by atoms with Crippen molar-refractivity contribution in [2.75, 3.05) is 26.2 Å². The Kier molecular flexibility index (Phi) is 4.27. The van der Waals surface area contributed by atoms with Gasteiger partial charge in [0.05, 0.1) is 5.69 Å². The number of nitrogens with one attached hydrogen (secondary N) is 1. The molecular weight excluding hydrogens is 336 g/mol. The highest BCUT2D eigenvalue weighted by Crippen LogP contribution is 2.31. The van der Waals surface area contributed by atoms with Crippen LogP contribution in [0.1, 0.15) is 46.6 Å². The fraction of sp³-hybridized carbons (Fsp3) is 0.545. The van der Waals surface area contributed by atoms with E-state index >= 15 is 0 Å². The maximum atomic E-state index is 13.4. The average molecular weight is 364 g/mol. The summed E-state index contributed by atoms with van der Waals surface area (Å²) in [5, 5.41) is 8.33. The summed E-state index contributed by atoms with van der Waals surface area (Å²) >= 11 is 0. The summed E-state index contributed by atoms with van der Waals surface area (Å²) in [5.74, 6) is 1.62. The molecule has 5 nitrogen and oxygen atoms in total. The van der Waals surface area contributed by atoms with Crippen LogP contribution in [0.15, 0.2) is 24.3 Å². The fourth-order valence-corrected chi connectivity index (χ4v) is 5.08. The fourth-order valence-electron chi connectivity index (χ4n) is 5.08. The average Bonchev–Trinajstić information content (AvgIpc) is 3.37. The van der Waals surface area contributed by atoms with E-state index in [1.165, 1.54) is 16.8 Å². The molecule has 0 unspecified atom stereocenters. The molecule has 2 atom stereocenters. The van der Waals surface area contributed by atoms with Crippen molar-refractivity contribution in [1.29, 1.82) is 0 Å². The number of aryl methyl sites for hydroxylation is 1. The van der Waals surface area contributed by atoms with E-state index in [4.69, 9.17) is 5.10 Å². The van der Waals surface area contributed by atoms with Crippen LogP contribution in [0.2, 0.25) is 0 Å². The minimum Gasteiger partial charge on any atom is -0.337 e. The Morgan fingerprint density at radius 2 is 1.78 bits per heavy atom. The quantitative estimate of drug-likeness (QED) is 0.891. The molecule has 1 amide bonds. The van der Waals surface area contributed by atoms with Gasteiger partial charge in [-0.05, 0) is 76.1 Å². The summed E-state index contributed by atoms with van der Waals surface area (Å²) < 4.78 is 2.02. The molecule has 5 rings (SSSR count). The molecule has 0 saturated carbocycles. The number of aromatic nitrogens is 2. The number of amides is 1. The van der Waals surface area contributed by atoms with Crippen LogP contribution in [0.4, 0.5) is 0 Å². The van der Waals surface area contributed by atoms with Gasteiger partial charge in [0.25, 0.3) is 5.91 Å². The number of hydrogen-bond donors (Lipinski definition) is 1. The molecule has 5 heteroatoms. The normalized spacial score (nSPS) is 24.6. The second-order valence-electron chi connectivity index (χ2n) is 8.42. The molecule has 142 valence electrons. The molecule has 27 heavy (non-hydrogen) atoms. The highest BCUT2D eigenvalue weighted by molar-refractivity contribution is 5.94. The second kappa shape index (κ2) is 6.79. The van der Waals surface area contributed by atoms with Gasteiger partial charge >= 0.3 is 0 Å². The van der Waals surface area contributed by atoms with Crippen LogP contribution in [0, 0.1) is 18.8 Å². The molecule has 0 bridgehead atoms. The summed E-state index contributed by atoms with van der Waals surface area (Å²) in [6, 6.07) is 8.44. The van der Waals surface area contributed by atoms with Crippen LogP contribution in [-0.2, 0) is 12.8 Å². The van der Waals surface area contributed by atoms with Crippen LogP contribution in [0.3, 0.4) is 0 Å². The molecule has 1 N–H and O–H groups in total. The Labute approximate surface area is 160 Å². The lowest BCUT2D eigenvalue weighted by Crippen LogP contribution is -2.33. The minimum atomic E-state index is 0.145. The van der Waals surface area contributed by atoms with E-state index in [0.29, 0.717) is 5.69 Å². The first-order chi connectivity index (χ1) is 13.2. The van der Waals surface area contributed by atoms with Crippen LogP contribution in [-0.4, -0.2) is 46.8 Å². The molecule has 1 aromatic carbocycles. The molecule has 2 saturated heterocycles. The monoisotopic (exact) mass is 364 g/mol. The number of carbonyl (C=O) groups is 1. The molecule has 0 spiro atoms. The topological polar surface area (TPSA) is 50.2 Å². The van der Waals surface area contributed by atoms with Gasteiger partial charge in [-0.3, -0.25) is 4.79 Å². The smallest absolute Gasteiger partial charge is 0.274 e. The van der Waals surface area contributed by atoms with Crippen molar-refractivity contribution in [1.82, 2.24) is 20.0 Å². The zero-order valence-electron chi connectivity index (χ0n) is 16.1. The van der Waals surface area contributed by atoms with E-state index in [9.17, 15) is 4.79 Å². The summed E-state index contributed by atoms with van der Waals surface area (Å²) in [6.07, 6.45) is 5.34. The number of carbonyl (C=O) groups excluding carboxylic acids is 1. The lowest BCUT2D eigenvalue weighted by atomic mass is 9.92. The number of rotatable bonds is 2. The standard InChI is InChI=1S/C22H28N4O/c1-15-5-7-18(8-6-15)26-20-4-2-3-19(20)21(24-26)22(27)25-11-9-16-13-23-14-17(16)10-12-25/h5-8,16-17,23H,2-4,9-14H2,1H3/t16-,17+. The number of fused-ring (bicyclic) bond motifs is 2. The largest absolute Gasteiger partial charge is 0.337 e. The van der Waals surface area contributed by atoms with Crippen LogP contribution in [0.25, 0.3) is 5.69 Å². The van der Waals surface area contributed by atoms with Crippen molar-refractivity contribution < 1.29 is 4.79 Å².